The molecule has 21 heavy (non-hydrogen) atoms. The molecule has 1 unspecified atom stereocenters. The molecule has 1 atom stereocenters. The van der Waals surface area contributed by atoms with Gasteiger partial charge in [0.15, 0.2) is 11.5 Å². The van der Waals surface area contributed by atoms with Crippen molar-refractivity contribution < 1.29 is 19.1 Å². The van der Waals surface area contributed by atoms with Crippen LogP contribution in [0.15, 0.2) is 18.2 Å². The van der Waals surface area contributed by atoms with Crippen molar-refractivity contribution in [1.82, 2.24) is 10.2 Å². The molecule has 2 amide bonds. The Kier molecular flexibility index (Phi) is 4.67. The summed E-state index contributed by atoms with van der Waals surface area (Å²) < 4.78 is 10.5. The van der Waals surface area contributed by atoms with Crippen LogP contribution in [0.1, 0.15) is 18.9 Å². The molecule has 6 heteroatoms. The van der Waals surface area contributed by atoms with Gasteiger partial charge in [-0.2, -0.15) is 0 Å². The van der Waals surface area contributed by atoms with Gasteiger partial charge in [-0.3, -0.25) is 9.59 Å². The number of hydrogen-bond donors (Lipinski definition) is 1. The normalized spacial score (nSPS) is 19.0. The van der Waals surface area contributed by atoms with E-state index in [1.54, 1.807) is 19.1 Å². The molecule has 0 radical (unpaired) electrons. The lowest BCUT2D eigenvalue weighted by atomic mass is 10.1. The molecule has 6 nitrogen and oxygen atoms in total. The number of rotatable bonds is 4. The molecule has 1 N–H and O–H groups in total. The van der Waals surface area contributed by atoms with Crippen molar-refractivity contribution in [3.05, 3.63) is 23.8 Å². The number of carbonyl (C=O) groups excluding carboxylic acids is 2. The fourth-order valence-corrected chi connectivity index (χ4v) is 2.39. The third-order valence-electron chi connectivity index (χ3n) is 3.57. The van der Waals surface area contributed by atoms with Gasteiger partial charge in [0.2, 0.25) is 11.8 Å². The van der Waals surface area contributed by atoms with Crippen LogP contribution >= 0.6 is 0 Å². The van der Waals surface area contributed by atoms with E-state index in [4.69, 9.17) is 9.47 Å². The molecule has 0 aliphatic carbocycles. The van der Waals surface area contributed by atoms with Crippen molar-refractivity contribution in [3.8, 4) is 11.5 Å². The van der Waals surface area contributed by atoms with Crippen molar-refractivity contribution in [2.45, 2.75) is 25.9 Å². The summed E-state index contributed by atoms with van der Waals surface area (Å²) in [6.07, 6.45) is 0.318. The number of carbonyl (C=O) groups is 2. The zero-order valence-corrected chi connectivity index (χ0v) is 12.5. The smallest absolute Gasteiger partial charge is 0.242 e. The van der Waals surface area contributed by atoms with Crippen molar-refractivity contribution in [3.63, 3.8) is 0 Å². The van der Waals surface area contributed by atoms with Crippen molar-refractivity contribution in [1.29, 1.82) is 0 Å². The highest BCUT2D eigenvalue weighted by Crippen LogP contribution is 2.28. The molecule has 1 aromatic carbocycles. The molecule has 0 spiro atoms. The van der Waals surface area contributed by atoms with Gasteiger partial charge in [0.25, 0.3) is 0 Å². The number of amides is 2. The Balaban J connectivity index is 2.19. The molecule has 1 aliphatic heterocycles. The third kappa shape index (κ3) is 3.45. The van der Waals surface area contributed by atoms with Crippen LogP contribution in [0.25, 0.3) is 0 Å². The molecule has 1 heterocycles. The van der Waals surface area contributed by atoms with Gasteiger partial charge in [-0.1, -0.05) is 6.07 Å². The summed E-state index contributed by atoms with van der Waals surface area (Å²) >= 11 is 0. The van der Waals surface area contributed by atoms with E-state index in [9.17, 15) is 9.59 Å². The summed E-state index contributed by atoms with van der Waals surface area (Å²) in [6, 6.07) is 5.42. The molecule has 0 saturated carbocycles. The maximum Gasteiger partial charge on any atom is 0.242 e. The minimum Gasteiger partial charge on any atom is -0.493 e. The fourth-order valence-electron chi connectivity index (χ4n) is 2.39. The van der Waals surface area contributed by atoms with Gasteiger partial charge in [-0.05, 0) is 24.6 Å². The van der Waals surface area contributed by atoms with Gasteiger partial charge in [0, 0.05) is 19.0 Å². The lowest BCUT2D eigenvalue weighted by Crippen LogP contribution is -2.39. The second kappa shape index (κ2) is 6.47. The Morgan fingerprint density at radius 3 is 2.62 bits per heavy atom. The second-order valence-electron chi connectivity index (χ2n) is 5.04. The van der Waals surface area contributed by atoms with Gasteiger partial charge in [0.05, 0.1) is 20.8 Å². The SMILES string of the molecule is COc1ccc(CN2C(=O)CNC(=O)CC2C)cc1OC. The number of ether oxygens (including phenoxy) is 2. The fraction of sp³-hybridized carbons (Fsp3) is 0.467. The number of hydrogen-bond acceptors (Lipinski definition) is 4. The Morgan fingerprint density at radius 2 is 1.95 bits per heavy atom. The topological polar surface area (TPSA) is 67.9 Å². The number of methoxy groups -OCH3 is 2. The molecule has 1 fully saturated rings. The average molecular weight is 292 g/mol. The Hall–Kier alpha value is -2.24. The quantitative estimate of drug-likeness (QED) is 0.897. The van der Waals surface area contributed by atoms with Crippen LogP contribution in [0.4, 0.5) is 0 Å². The maximum atomic E-state index is 12.1. The predicted octanol–water partition coefficient (Wildman–Crippen LogP) is 0.941. The van der Waals surface area contributed by atoms with Crippen LogP contribution in [0.5, 0.6) is 11.5 Å². The molecular formula is C15H20N2O4. The first-order valence-electron chi connectivity index (χ1n) is 6.82. The van der Waals surface area contributed by atoms with Crippen LogP contribution in [0.3, 0.4) is 0 Å². The molecule has 2 rings (SSSR count). The van der Waals surface area contributed by atoms with Crippen molar-refractivity contribution in [2.24, 2.45) is 0 Å². The minimum absolute atomic E-state index is 0.0520. The van der Waals surface area contributed by atoms with E-state index in [0.29, 0.717) is 24.5 Å². The largest absolute Gasteiger partial charge is 0.493 e. The summed E-state index contributed by atoms with van der Waals surface area (Å²) in [5.74, 6) is 1.10. The van der Waals surface area contributed by atoms with E-state index in [1.807, 2.05) is 25.1 Å². The lowest BCUT2D eigenvalue weighted by molar-refractivity contribution is -0.132. The third-order valence-corrected chi connectivity index (χ3v) is 3.57. The molecular weight excluding hydrogens is 272 g/mol. The van der Waals surface area contributed by atoms with Crippen LogP contribution in [0, 0.1) is 0 Å². The summed E-state index contributed by atoms with van der Waals surface area (Å²) in [6.45, 7) is 2.37. The highest BCUT2D eigenvalue weighted by Gasteiger charge is 2.26. The van der Waals surface area contributed by atoms with E-state index in [-0.39, 0.29) is 24.4 Å². The Labute approximate surface area is 124 Å². The predicted molar refractivity (Wildman–Crippen MR) is 77.2 cm³/mol. The first-order valence-corrected chi connectivity index (χ1v) is 6.82. The highest BCUT2D eigenvalue weighted by atomic mass is 16.5. The van der Waals surface area contributed by atoms with Crippen molar-refractivity contribution in [2.75, 3.05) is 20.8 Å². The Bertz CT molecular complexity index is 544. The van der Waals surface area contributed by atoms with Crippen LogP contribution in [-0.4, -0.2) is 43.5 Å². The number of nitrogens with one attached hydrogen (secondary N) is 1. The molecule has 1 aliphatic rings. The van der Waals surface area contributed by atoms with E-state index in [0.717, 1.165) is 5.56 Å². The summed E-state index contributed by atoms with van der Waals surface area (Å²) in [5.41, 5.74) is 0.933. The number of benzene rings is 1. The van der Waals surface area contributed by atoms with E-state index < -0.39 is 0 Å². The Morgan fingerprint density at radius 1 is 1.24 bits per heavy atom. The first kappa shape index (κ1) is 15.2. The van der Waals surface area contributed by atoms with E-state index >= 15 is 0 Å². The van der Waals surface area contributed by atoms with E-state index in [1.165, 1.54) is 0 Å². The average Bonchev–Trinajstić information content (AvgIpc) is 2.60. The van der Waals surface area contributed by atoms with Crippen LogP contribution in [0.2, 0.25) is 0 Å². The van der Waals surface area contributed by atoms with Crippen molar-refractivity contribution >= 4 is 11.8 Å². The zero-order valence-electron chi connectivity index (χ0n) is 12.5. The van der Waals surface area contributed by atoms with E-state index in [2.05, 4.69) is 5.32 Å². The molecule has 0 bridgehead atoms. The standard InChI is InChI=1S/C15H20N2O4/c1-10-6-14(18)16-8-15(19)17(10)9-11-4-5-12(20-2)13(7-11)21-3/h4-5,7,10H,6,8-9H2,1-3H3,(H,16,18). The first-order chi connectivity index (χ1) is 10.0. The summed E-state index contributed by atoms with van der Waals surface area (Å²) in [7, 11) is 3.15. The lowest BCUT2D eigenvalue weighted by Gasteiger charge is -2.26. The zero-order chi connectivity index (χ0) is 15.4. The molecule has 1 aromatic rings. The maximum absolute atomic E-state index is 12.1. The molecule has 114 valence electrons. The van der Waals surface area contributed by atoms with Gasteiger partial charge in [-0.15, -0.1) is 0 Å². The second-order valence-corrected chi connectivity index (χ2v) is 5.04. The van der Waals surface area contributed by atoms with Gasteiger partial charge >= 0.3 is 0 Å². The van der Waals surface area contributed by atoms with Crippen LogP contribution in [-0.2, 0) is 16.1 Å². The van der Waals surface area contributed by atoms with Crippen LogP contribution < -0.4 is 14.8 Å². The monoisotopic (exact) mass is 292 g/mol. The highest BCUT2D eigenvalue weighted by molar-refractivity contribution is 5.87. The summed E-state index contributed by atoms with van der Waals surface area (Å²) in [4.78, 5) is 25.3. The summed E-state index contributed by atoms with van der Waals surface area (Å²) in [5, 5.41) is 2.61. The molecule has 0 aromatic heterocycles. The minimum atomic E-state index is -0.131. The molecule has 1 saturated heterocycles. The van der Waals surface area contributed by atoms with Gasteiger partial charge < -0.3 is 19.7 Å². The van der Waals surface area contributed by atoms with Gasteiger partial charge in [-0.25, -0.2) is 0 Å². The number of nitrogens with zero attached hydrogens (tertiary/aromatic N) is 1. The van der Waals surface area contributed by atoms with Gasteiger partial charge in [0.1, 0.15) is 0 Å².